The molecule has 210 valence electrons. The topological polar surface area (TPSA) is 88.1 Å². The number of hydroxylamine groups is 2. The highest BCUT2D eigenvalue weighted by molar-refractivity contribution is 7.86. The number of quaternary nitrogens is 1. The first-order valence-electron chi connectivity index (χ1n) is 12.9. The molecule has 0 bridgehead atoms. The molecule has 1 atom stereocenters. The molecule has 0 aliphatic carbocycles. The van der Waals surface area contributed by atoms with Gasteiger partial charge in [-0.25, -0.2) is 0 Å². The average Bonchev–Trinajstić information content (AvgIpc) is 3.35. The summed E-state index contributed by atoms with van der Waals surface area (Å²) >= 11 is 18.8. The van der Waals surface area contributed by atoms with Gasteiger partial charge in [0.2, 0.25) is 0 Å². The van der Waals surface area contributed by atoms with E-state index in [1.165, 1.54) is 12.1 Å². The molecule has 2 heterocycles. The van der Waals surface area contributed by atoms with Crippen LogP contribution < -0.4 is 10.4 Å². The van der Waals surface area contributed by atoms with Gasteiger partial charge >= 0.3 is 16.0 Å². The largest absolute Gasteiger partial charge is 0.345 e. The van der Waals surface area contributed by atoms with Gasteiger partial charge in [-0.05, 0) is 65.7 Å². The Bertz CT molecular complexity index is 1540. The van der Waals surface area contributed by atoms with Gasteiger partial charge in [-0.15, -0.1) is 0 Å². The molecular weight excluding hydrogens is 595 g/mol. The molecule has 8 nitrogen and oxygen atoms in total. The highest BCUT2D eigenvalue weighted by Gasteiger charge is 2.43. The quantitative estimate of drug-likeness (QED) is 0.300. The van der Waals surface area contributed by atoms with Crippen LogP contribution in [0.2, 0.25) is 15.1 Å². The van der Waals surface area contributed by atoms with Gasteiger partial charge in [0.25, 0.3) is 0 Å². The van der Waals surface area contributed by atoms with Gasteiger partial charge in [-0.1, -0.05) is 69.4 Å². The third-order valence-corrected chi connectivity index (χ3v) is 9.10. The van der Waals surface area contributed by atoms with E-state index in [9.17, 15) is 13.2 Å². The van der Waals surface area contributed by atoms with Crippen molar-refractivity contribution in [3.05, 3.63) is 92.9 Å². The predicted octanol–water partition coefficient (Wildman–Crippen LogP) is 6.62. The number of carbonyl (C=O) groups is 1. The molecule has 0 radical (unpaired) electrons. The summed E-state index contributed by atoms with van der Waals surface area (Å²) in [5.41, 5.74) is 5.45. The molecule has 5 rings (SSSR count). The fourth-order valence-electron chi connectivity index (χ4n) is 4.89. The standard InChI is InChI=1S/C28H27Cl3N4O4S/c1-19-5-12-23(13-6-19)40(37,38)39-35(15-3-2-4-16-35)33-28(36)25-18-27(20-7-9-21(29)10-8-20)34(32-25)26-14-11-22(30)17-24(26)31/h5-14,17,27H,2-4,15-16,18H2,1H3/p+1. The molecule has 2 aliphatic heterocycles. The van der Waals surface area contributed by atoms with Gasteiger partial charge in [0.1, 0.15) is 18.8 Å². The van der Waals surface area contributed by atoms with Crippen LogP contribution in [-0.4, -0.2) is 37.9 Å². The van der Waals surface area contributed by atoms with Crippen LogP contribution in [0.15, 0.2) is 76.7 Å². The smallest absolute Gasteiger partial charge is 0.263 e. The maximum absolute atomic E-state index is 13.7. The molecule has 1 N–H and O–H groups in total. The Morgan fingerprint density at radius 1 is 0.950 bits per heavy atom. The Labute approximate surface area is 248 Å². The van der Waals surface area contributed by atoms with E-state index in [2.05, 4.69) is 10.5 Å². The lowest BCUT2D eigenvalue weighted by Gasteiger charge is -2.35. The minimum absolute atomic E-state index is 0.0278. The molecule has 40 heavy (non-hydrogen) atoms. The Hall–Kier alpha value is -2.66. The van der Waals surface area contributed by atoms with Crippen molar-refractivity contribution in [2.45, 2.75) is 43.5 Å². The fraction of sp³-hybridized carbons (Fsp3) is 0.286. The number of anilines is 1. The van der Waals surface area contributed by atoms with Gasteiger partial charge in [0, 0.05) is 29.3 Å². The van der Waals surface area contributed by atoms with Crippen molar-refractivity contribution in [3.63, 3.8) is 0 Å². The van der Waals surface area contributed by atoms with Crippen LogP contribution in [0.25, 0.3) is 0 Å². The van der Waals surface area contributed by atoms with Crippen molar-refractivity contribution < 1.29 is 22.3 Å². The summed E-state index contributed by atoms with van der Waals surface area (Å²) in [7, 11) is -4.16. The summed E-state index contributed by atoms with van der Waals surface area (Å²) in [5, 5.41) is 7.77. The first-order chi connectivity index (χ1) is 19.1. The van der Waals surface area contributed by atoms with Crippen molar-refractivity contribution in [2.24, 2.45) is 5.10 Å². The number of amides is 1. The molecule has 1 unspecified atom stereocenters. The van der Waals surface area contributed by atoms with E-state index in [0.29, 0.717) is 46.7 Å². The molecule has 12 heteroatoms. The maximum Gasteiger partial charge on any atom is 0.345 e. The van der Waals surface area contributed by atoms with Crippen LogP contribution >= 0.6 is 34.8 Å². The Morgan fingerprint density at radius 2 is 1.60 bits per heavy atom. The zero-order valence-corrected chi connectivity index (χ0v) is 24.8. The van der Waals surface area contributed by atoms with Crippen molar-refractivity contribution in [2.75, 3.05) is 18.1 Å². The third-order valence-electron chi connectivity index (χ3n) is 6.98. The number of rotatable bonds is 7. The minimum atomic E-state index is -4.16. The normalized spacial score (nSPS) is 18.9. The molecule has 0 saturated carbocycles. The minimum Gasteiger partial charge on any atom is -0.263 e. The van der Waals surface area contributed by atoms with Crippen molar-refractivity contribution in [1.29, 1.82) is 0 Å². The number of hydrazone groups is 1. The molecule has 0 spiro atoms. The molecule has 1 amide bonds. The van der Waals surface area contributed by atoms with Gasteiger partial charge in [-0.2, -0.15) is 18.9 Å². The number of piperidine rings is 1. The van der Waals surface area contributed by atoms with Crippen LogP contribution in [-0.2, 0) is 19.2 Å². The lowest BCUT2D eigenvalue weighted by molar-refractivity contribution is -1.11. The van der Waals surface area contributed by atoms with Crippen LogP contribution in [0.4, 0.5) is 5.69 Å². The second kappa shape index (κ2) is 11.7. The first-order valence-corrected chi connectivity index (χ1v) is 15.4. The molecule has 1 saturated heterocycles. The summed E-state index contributed by atoms with van der Waals surface area (Å²) in [6, 6.07) is 18.4. The Balaban J connectivity index is 1.45. The van der Waals surface area contributed by atoms with E-state index in [0.717, 1.165) is 17.5 Å². The molecule has 0 aromatic heterocycles. The number of nitrogens with zero attached hydrogens (tertiary/aromatic N) is 3. The van der Waals surface area contributed by atoms with Gasteiger partial charge in [0.15, 0.2) is 0 Å². The lowest BCUT2D eigenvalue weighted by Crippen LogP contribution is -2.64. The van der Waals surface area contributed by atoms with Gasteiger partial charge in [0.05, 0.1) is 21.6 Å². The van der Waals surface area contributed by atoms with Crippen LogP contribution in [0.5, 0.6) is 0 Å². The molecule has 1 fully saturated rings. The monoisotopic (exact) mass is 621 g/mol. The van der Waals surface area contributed by atoms with E-state index in [4.69, 9.17) is 39.1 Å². The van der Waals surface area contributed by atoms with Crippen LogP contribution in [0.1, 0.15) is 42.9 Å². The average molecular weight is 623 g/mol. The van der Waals surface area contributed by atoms with Crippen molar-refractivity contribution in [3.8, 4) is 0 Å². The highest BCUT2D eigenvalue weighted by Crippen LogP contribution is 2.40. The second-order valence-electron chi connectivity index (χ2n) is 9.94. The zero-order valence-electron chi connectivity index (χ0n) is 21.7. The Kier molecular flexibility index (Phi) is 8.42. The summed E-state index contributed by atoms with van der Waals surface area (Å²) in [4.78, 5) is 13.7. The number of hydrogen-bond acceptors (Lipinski definition) is 6. The number of carbonyl (C=O) groups excluding carboxylic acids is 1. The molecule has 3 aromatic rings. The van der Waals surface area contributed by atoms with Gasteiger partial charge < -0.3 is 0 Å². The molecular formula is C28H28Cl3N4O4S+. The Morgan fingerprint density at radius 3 is 2.25 bits per heavy atom. The maximum atomic E-state index is 13.7. The first kappa shape index (κ1) is 28.9. The molecule has 3 aromatic carbocycles. The molecule has 2 aliphatic rings. The van der Waals surface area contributed by atoms with Gasteiger partial charge in [-0.3, -0.25) is 9.80 Å². The van der Waals surface area contributed by atoms with E-state index < -0.39 is 20.8 Å². The fourth-order valence-corrected chi connectivity index (χ4v) is 6.63. The summed E-state index contributed by atoms with van der Waals surface area (Å²) < 4.78 is 31.7. The predicted molar refractivity (Wildman–Crippen MR) is 157 cm³/mol. The second-order valence-corrected chi connectivity index (χ2v) is 12.7. The number of aryl methyl sites for hydroxylation is 1. The third kappa shape index (κ3) is 6.30. The highest BCUT2D eigenvalue weighted by atomic mass is 35.5. The lowest BCUT2D eigenvalue weighted by atomic mass is 10.0. The van der Waals surface area contributed by atoms with Crippen LogP contribution in [0.3, 0.4) is 0 Å². The van der Waals surface area contributed by atoms with E-state index >= 15 is 0 Å². The summed E-state index contributed by atoms with van der Waals surface area (Å²) in [6.45, 7) is 2.48. The number of benzene rings is 3. The van der Waals surface area contributed by atoms with Crippen molar-refractivity contribution >= 4 is 62.2 Å². The SMILES string of the molecule is Cc1ccc(S(=O)(=O)O[N+]2(NC(=O)C3=NN(c4ccc(Cl)cc4Cl)C(c4ccc(Cl)cc4)C3)CCCCC2)cc1. The number of nitrogens with one attached hydrogen (secondary N) is 1. The van der Waals surface area contributed by atoms with E-state index in [1.807, 2.05) is 19.1 Å². The zero-order chi connectivity index (χ0) is 28.5. The summed E-state index contributed by atoms with van der Waals surface area (Å²) in [6.07, 6.45) is 2.54. The van der Waals surface area contributed by atoms with Crippen molar-refractivity contribution in [1.82, 2.24) is 5.43 Å². The number of hydrogen-bond donors (Lipinski definition) is 1. The van der Waals surface area contributed by atoms with E-state index in [-0.39, 0.29) is 23.1 Å². The number of halogens is 3. The van der Waals surface area contributed by atoms with E-state index in [1.54, 1.807) is 47.5 Å². The van der Waals surface area contributed by atoms with Crippen LogP contribution in [0, 0.1) is 6.92 Å². The summed E-state index contributed by atoms with van der Waals surface area (Å²) in [5.74, 6) is -0.521.